The molecule has 0 radical (unpaired) electrons. The van der Waals surface area contributed by atoms with Gasteiger partial charge in [-0.05, 0) is 63.2 Å². The van der Waals surface area contributed by atoms with Gasteiger partial charge >= 0.3 is 0 Å². The lowest BCUT2D eigenvalue weighted by Crippen LogP contribution is -2.36. The Morgan fingerprint density at radius 2 is 2.00 bits per heavy atom. The summed E-state index contributed by atoms with van der Waals surface area (Å²) in [6, 6.07) is 0. The molecule has 5 atom stereocenters. The molecule has 2 aliphatic carbocycles. The van der Waals surface area contributed by atoms with Gasteiger partial charge in [0.15, 0.2) is 0 Å². The topological polar surface area (TPSA) is 20.2 Å². The molecule has 0 aromatic carbocycles. The summed E-state index contributed by atoms with van der Waals surface area (Å²) in [5.41, 5.74) is 0.884. The summed E-state index contributed by atoms with van der Waals surface area (Å²) >= 11 is 0. The molecule has 0 amide bonds. The van der Waals surface area contributed by atoms with Crippen LogP contribution in [-0.2, 0) is 0 Å². The molecule has 2 fully saturated rings. The van der Waals surface area contributed by atoms with E-state index in [1.54, 1.807) is 0 Å². The van der Waals surface area contributed by atoms with Crippen LogP contribution in [0, 0.1) is 23.7 Å². The second-order valence-electron chi connectivity index (χ2n) is 6.50. The SMILES string of the molecule is C=C(C)[C@@H]1CC[C@](C)(O)[C@@H]2CC[C@H](C)[C@H]2C1. The lowest BCUT2D eigenvalue weighted by atomic mass is 9.77. The van der Waals surface area contributed by atoms with Gasteiger partial charge in [0.1, 0.15) is 0 Å². The van der Waals surface area contributed by atoms with Crippen LogP contribution in [0.4, 0.5) is 0 Å². The maximum Gasteiger partial charge on any atom is 0.0650 e. The molecule has 0 aromatic rings. The Morgan fingerprint density at radius 1 is 1.31 bits per heavy atom. The summed E-state index contributed by atoms with van der Waals surface area (Å²) in [4.78, 5) is 0. The van der Waals surface area contributed by atoms with Crippen molar-refractivity contribution in [1.82, 2.24) is 0 Å². The highest BCUT2D eigenvalue weighted by molar-refractivity contribution is 5.04. The molecule has 1 heteroatoms. The Kier molecular flexibility index (Phi) is 3.18. The number of aliphatic hydroxyl groups is 1. The highest BCUT2D eigenvalue weighted by atomic mass is 16.3. The van der Waals surface area contributed by atoms with Crippen LogP contribution < -0.4 is 0 Å². The van der Waals surface area contributed by atoms with E-state index in [4.69, 9.17) is 0 Å². The zero-order valence-corrected chi connectivity index (χ0v) is 11.0. The van der Waals surface area contributed by atoms with Gasteiger partial charge in [-0.2, -0.15) is 0 Å². The van der Waals surface area contributed by atoms with Gasteiger partial charge < -0.3 is 5.11 Å². The van der Waals surface area contributed by atoms with E-state index in [1.807, 2.05) is 0 Å². The van der Waals surface area contributed by atoms with Crippen LogP contribution >= 0.6 is 0 Å². The predicted molar refractivity (Wildman–Crippen MR) is 68.2 cm³/mol. The van der Waals surface area contributed by atoms with Crippen molar-refractivity contribution in [2.45, 2.75) is 58.5 Å². The Hall–Kier alpha value is -0.300. The van der Waals surface area contributed by atoms with Crippen LogP contribution in [0.3, 0.4) is 0 Å². The third-order valence-electron chi connectivity index (χ3n) is 5.23. The predicted octanol–water partition coefficient (Wildman–Crippen LogP) is 3.78. The second-order valence-corrected chi connectivity index (χ2v) is 6.50. The van der Waals surface area contributed by atoms with Gasteiger partial charge in [0, 0.05) is 0 Å². The number of rotatable bonds is 1. The van der Waals surface area contributed by atoms with E-state index < -0.39 is 5.60 Å². The van der Waals surface area contributed by atoms with Crippen molar-refractivity contribution in [2.75, 3.05) is 0 Å². The molecule has 0 aromatic heterocycles. The molecular weight excluding hydrogens is 196 g/mol. The molecule has 0 saturated heterocycles. The highest BCUT2D eigenvalue weighted by Gasteiger charge is 2.46. The maximum atomic E-state index is 10.6. The number of hydrogen-bond donors (Lipinski definition) is 1. The Morgan fingerprint density at radius 3 is 2.62 bits per heavy atom. The molecule has 0 heterocycles. The fourth-order valence-corrected chi connectivity index (χ4v) is 3.98. The summed E-state index contributed by atoms with van der Waals surface area (Å²) in [6.07, 6.45) is 5.87. The van der Waals surface area contributed by atoms with Crippen molar-refractivity contribution >= 4 is 0 Å². The molecule has 0 unspecified atom stereocenters. The zero-order valence-electron chi connectivity index (χ0n) is 11.0. The Labute approximate surface area is 99.9 Å². The fourth-order valence-electron chi connectivity index (χ4n) is 3.98. The molecule has 92 valence electrons. The molecule has 2 saturated carbocycles. The third kappa shape index (κ3) is 2.07. The van der Waals surface area contributed by atoms with Gasteiger partial charge in [-0.1, -0.05) is 25.5 Å². The van der Waals surface area contributed by atoms with Crippen LogP contribution in [-0.4, -0.2) is 10.7 Å². The van der Waals surface area contributed by atoms with Crippen molar-refractivity contribution < 1.29 is 5.11 Å². The smallest absolute Gasteiger partial charge is 0.0650 e. The lowest BCUT2D eigenvalue weighted by Gasteiger charge is -2.33. The second kappa shape index (κ2) is 4.18. The maximum absolute atomic E-state index is 10.6. The van der Waals surface area contributed by atoms with Crippen molar-refractivity contribution in [1.29, 1.82) is 0 Å². The lowest BCUT2D eigenvalue weighted by molar-refractivity contribution is -0.0208. The molecule has 0 aliphatic heterocycles. The van der Waals surface area contributed by atoms with Crippen molar-refractivity contribution in [3.05, 3.63) is 12.2 Å². The third-order valence-corrected chi connectivity index (χ3v) is 5.23. The normalized spacial score (nSPS) is 48.5. The first kappa shape index (κ1) is 12.2. The summed E-state index contributed by atoms with van der Waals surface area (Å²) in [5, 5.41) is 10.6. The first-order valence-corrected chi connectivity index (χ1v) is 6.79. The highest BCUT2D eigenvalue weighted by Crippen LogP contribution is 2.50. The van der Waals surface area contributed by atoms with Crippen molar-refractivity contribution in [3.8, 4) is 0 Å². The summed E-state index contributed by atoms with van der Waals surface area (Å²) < 4.78 is 0. The van der Waals surface area contributed by atoms with Gasteiger partial charge in [-0.15, -0.1) is 0 Å². The molecule has 2 aliphatic rings. The number of fused-ring (bicyclic) bond motifs is 1. The fraction of sp³-hybridized carbons (Fsp3) is 0.867. The molecule has 1 nitrogen and oxygen atoms in total. The molecule has 1 N–H and O–H groups in total. The first-order chi connectivity index (χ1) is 7.42. The average molecular weight is 222 g/mol. The van der Waals surface area contributed by atoms with Crippen LogP contribution in [0.1, 0.15) is 52.9 Å². The van der Waals surface area contributed by atoms with Gasteiger partial charge in [0.05, 0.1) is 5.60 Å². The minimum absolute atomic E-state index is 0.431. The van der Waals surface area contributed by atoms with Gasteiger partial charge in [0.25, 0.3) is 0 Å². The molecule has 16 heavy (non-hydrogen) atoms. The van der Waals surface area contributed by atoms with E-state index >= 15 is 0 Å². The van der Waals surface area contributed by atoms with Crippen LogP contribution in [0.25, 0.3) is 0 Å². The Bertz CT molecular complexity index is 279. The van der Waals surface area contributed by atoms with Gasteiger partial charge in [-0.25, -0.2) is 0 Å². The number of hydrogen-bond acceptors (Lipinski definition) is 1. The van der Waals surface area contributed by atoms with E-state index in [0.29, 0.717) is 11.8 Å². The summed E-state index contributed by atoms with van der Waals surface area (Å²) in [5.74, 6) is 2.68. The van der Waals surface area contributed by atoms with Crippen molar-refractivity contribution in [2.24, 2.45) is 23.7 Å². The largest absolute Gasteiger partial charge is 0.390 e. The zero-order chi connectivity index (χ0) is 11.9. The molecule has 0 spiro atoms. The molecule has 0 bridgehead atoms. The van der Waals surface area contributed by atoms with E-state index in [0.717, 1.165) is 24.7 Å². The monoisotopic (exact) mass is 222 g/mol. The van der Waals surface area contributed by atoms with Crippen LogP contribution in [0.5, 0.6) is 0 Å². The van der Waals surface area contributed by atoms with E-state index in [-0.39, 0.29) is 0 Å². The minimum Gasteiger partial charge on any atom is -0.390 e. The van der Waals surface area contributed by atoms with E-state index in [2.05, 4.69) is 27.4 Å². The quantitative estimate of drug-likeness (QED) is 0.669. The molecular formula is C15H26O. The molecule has 2 rings (SSSR count). The van der Waals surface area contributed by atoms with Crippen LogP contribution in [0.15, 0.2) is 12.2 Å². The Balaban J connectivity index is 2.21. The standard InChI is InChI=1S/C15H26O/c1-10(2)12-7-8-15(4,16)14-6-5-11(3)13(14)9-12/h11-14,16H,1,5-9H2,2-4H3/t11-,12+,13+,14+,15-/m0/s1. The number of allylic oxidation sites excluding steroid dienone is 1. The van der Waals surface area contributed by atoms with Crippen molar-refractivity contribution in [3.63, 3.8) is 0 Å². The summed E-state index contributed by atoms with van der Waals surface area (Å²) in [6.45, 7) is 10.7. The van der Waals surface area contributed by atoms with Gasteiger partial charge in [-0.3, -0.25) is 0 Å². The summed E-state index contributed by atoms with van der Waals surface area (Å²) in [7, 11) is 0. The van der Waals surface area contributed by atoms with E-state index in [1.165, 1.54) is 24.8 Å². The van der Waals surface area contributed by atoms with E-state index in [9.17, 15) is 5.11 Å². The van der Waals surface area contributed by atoms with Gasteiger partial charge in [0.2, 0.25) is 0 Å². The first-order valence-electron chi connectivity index (χ1n) is 6.79. The minimum atomic E-state index is -0.431. The van der Waals surface area contributed by atoms with Crippen LogP contribution in [0.2, 0.25) is 0 Å². The average Bonchev–Trinajstić information content (AvgIpc) is 2.47.